The Balaban J connectivity index is 1.33. The number of fused-ring (bicyclic) bond motifs is 1. The van der Waals surface area contributed by atoms with Crippen LogP contribution >= 0.6 is 0 Å². The van der Waals surface area contributed by atoms with E-state index in [1.165, 1.54) is 0 Å². The van der Waals surface area contributed by atoms with Crippen LogP contribution in [0.3, 0.4) is 0 Å². The average molecular weight is 472 g/mol. The van der Waals surface area contributed by atoms with E-state index in [0.29, 0.717) is 24.7 Å². The number of hydrogen-bond acceptors (Lipinski definition) is 5. The number of carbonyl (C=O) groups excluding carboxylic acids is 1. The first kappa shape index (κ1) is 23.9. The minimum atomic E-state index is -0.0913. The van der Waals surface area contributed by atoms with Crippen LogP contribution in [0.1, 0.15) is 22.4 Å². The van der Waals surface area contributed by atoms with Crippen LogP contribution < -0.4 is 14.2 Å². The van der Waals surface area contributed by atoms with Crippen molar-refractivity contribution in [2.45, 2.75) is 20.1 Å². The second kappa shape index (κ2) is 10.8. The number of benzene rings is 2. The Kier molecular flexibility index (Phi) is 7.35. The summed E-state index contributed by atoms with van der Waals surface area (Å²) in [7, 11) is 4.99. The normalized spacial score (nSPS) is 11.1. The van der Waals surface area contributed by atoms with E-state index in [-0.39, 0.29) is 5.91 Å². The second-order valence-electron chi connectivity index (χ2n) is 8.22. The Bertz CT molecular complexity index is 1310. The molecule has 35 heavy (non-hydrogen) atoms. The van der Waals surface area contributed by atoms with Crippen LogP contribution in [0.5, 0.6) is 17.2 Å². The molecule has 0 saturated carbocycles. The summed E-state index contributed by atoms with van der Waals surface area (Å²) in [5.41, 5.74) is 4.69. The standard InChI is InChI=1S/C28H29N3O4/c1-20-15-25(33-3)26(34-4)16-22(20)17-30(2)28(32)13-10-21-8-11-24(12-9-21)35-19-23-18-31-14-6-5-7-27(31)29-23/h5-16,18H,17,19H2,1-4H3/b13-10+. The number of imidazole rings is 1. The molecule has 2 aromatic carbocycles. The fraction of sp³-hybridized carbons (Fsp3) is 0.214. The molecule has 1 amide bonds. The summed E-state index contributed by atoms with van der Waals surface area (Å²) < 4.78 is 18.6. The summed E-state index contributed by atoms with van der Waals surface area (Å²) >= 11 is 0. The number of likely N-dealkylation sites (N-methyl/N-ethyl adjacent to an activating group) is 1. The highest BCUT2D eigenvalue weighted by Crippen LogP contribution is 2.30. The number of ether oxygens (including phenoxy) is 3. The number of amides is 1. The zero-order chi connectivity index (χ0) is 24.8. The van der Waals surface area contributed by atoms with Crippen molar-refractivity contribution in [2.24, 2.45) is 0 Å². The van der Waals surface area contributed by atoms with Gasteiger partial charge in [-0.15, -0.1) is 0 Å². The van der Waals surface area contributed by atoms with Gasteiger partial charge in [0, 0.05) is 32.1 Å². The average Bonchev–Trinajstić information content (AvgIpc) is 3.30. The predicted octanol–water partition coefficient (Wildman–Crippen LogP) is 4.91. The maximum Gasteiger partial charge on any atom is 0.246 e. The van der Waals surface area contributed by atoms with E-state index >= 15 is 0 Å². The van der Waals surface area contributed by atoms with E-state index in [1.54, 1.807) is 38.3 Å². The van der Waals surface area contributed by atoms with Gasteiger partial charge < -0.3 is 23.5 Å². The molecule has 2 heterocycles. The Morgan fingerprint density at radius 3 is 2.51 bits per heavy atom. The third-order valence-corrected chi connectivity index (χ3v) is 5.72. The molecular weight excluding hydrogens is 442 g/mol. The number of aryl methyl sites for hydroxylation is 1. The summed E-state index contributed by atoms with van der Waals surface area (Å²) in [6.45, 7) is 2.84. The zero-order valence-electron chi connectivity index (χ0n) is 20.4. The molecule has 4 rings (SSSR count). The molecular formula is C28H29N3O4. The van der Waals surface area contributed by atoms with Gasteiger partial charge in [0.1, 0.15) is 18.0 Å². The van der Waals surface area contributed by atoms with Gasteiger partial charge in [0.25, 0.3) is 0 Å². The first-order chi connectivity index (χ1) is 17.0. The molecule has 7 nitrogen and oxygen atoms in total. The van der Waals surface area contributed by atoms with Crippen LogP contribution in [0, 0.1) is 6.92 Å². The molecule has 4 aromatic rings. The number of hydrogen-bond donors (Lipinski definition) is 0. The molecule has 0 atom stereocenters. The van der Waals surface area contributed by atoms with Gasteiger partial charge in [0.2, 0.25) is 5.91 Å². The van der Waals surface area contributed by atoms with Crippen molar-refractivity contribution in [3.8, 4) is 17.2 Å². The molecule has 7 heteroatoms. The highest BCUT2D eigenvalue weighted by atomic mass is 16.5. The molecule has 180 valence electrons. The van der Waals surface area contributed by atoms with Gasteiger partial charge in [-0.25, -0.2) is 4.98 Å². The van der Waals surface area contributed by atoms with Crippen molar-refractivity contribution in [3.63, 3.8) is 0 Å². The molecule has 0 radical (unpaired) electrons. The topological polar surface area (TPSA) is 65.3 Å². The van der Waals surface area contributed by atoms with E-state index in [0.717, 1.165) is 33.8 Å². The van der Waals surface area contributed by atoms with Gasteiger partial charge in [-0.1, -0.05) is 18.2 Å². The lowest BCUT2D eigenvalue weighted by Crippen LogP contribution is -2.24. The van der Waals surface area contributed by atoms with Crippen molar-refractivity contribution in [2.75, 3.05) is 21.3 Å². The quantitative estimate of drug-likeness (QED) is 0.325. The molecule has 0 N–H and O–H groups in total. The monoisotopic (exact) mass is 471 g/mol. The zero-order valence-corrected chi connectivity index (χ0v) is 20.4. The molecule has 0 aliphatic carbocycles. The van der Waals surface area contributed by atoms with E-state index in [2.05, 4.69) is 4.98 Å². The molecule has 0 fully saturated rings. The SMILES string of the molecule is COc1cc(C)c(CN(C)C(=O)/C=C/c2ccc(OCc3cn4ccccc4n3)cc2)cc1OC. The summed E-state index contributed by atoms with van der Waals surface area (Å²) in [6.07, 6.45) is 7.29. The van der Waals surface area contributed by atoms with E-state index in [1.807, 2.05) is 78.3 Å². The van der Waals surface area contributed by atoms with Gasteiger partial charge in [-0.05, 0) is 66.1 Å². The molecule has 2 aromatic heterocycles. The maximum atomic E-state index is 12.7. The Labute approximate surface area is 205 Å². The Morgan fingerprint density at radius 2 is 1.80 bits per heavy atom. The maximum absolute atomic E-state index is 12.7. The number of carbonyl (C=O) groups is 1. The van der Waals surface area contributed by atoms with Gasteiger partial charge in [0.05, 0.1) is 19.9 Å². The number of methoxy groups -OCH3 is 2. The minimum absolute atomic E-state index is 0.0913. The van der Waals surface area contributed by atoms with Crippen LogP contribution in [0.25, 0.3) is 11.7 Å². The van der Waals surface area contributed by atoms with Crippen LogP contribution in [0.4, 0.5) is 0 Å². The molecule has 0 aliphatic rings. The van der Waals surface area contributed by atoms with E-state index in [9.17, 15) is 4.79 Å². The summed E-state index contributed by atoms with van der Waals surface area (Å²) in [4.78, 5) is 18.9. The van der Waals surface area contributed by atoms with Crippen LogP contribution in [0.2, 0.25) is 0 Å². The molecule has 0 saturated heterocycles. The number of nitrogens with zero attached hydrogens (tertiary/aromatic N) is 3. The van der Waals surface area contributed by atoms with Crippen LogP contribution in [0.15, 0.2) is 73.1 Å². The van der Waals surface area contributed by atoms with Gasteiger partial charge in [-0.3, -0.25) is 4.79 Å². The number of pyridine rings is 1. The van der Waals surface area contributed by atoms with Crippen molar-refractivity contribution >= 4 is 17.6 Å². The fourth-order valence-electron chi connectivity index (χ4n) is 3.71. The lowest BCUT2D eigenvalue weighted by molar-refractivity contribution is -0.125. The first-order valence-corrected chi connectivity index (χ1v) is 11.3. The highest BCUT2D eigenvalue weighted by molar-refractivity contribution is 5.91. The largest absolute Gasteiger partial charge is 0.493 e. The van der Waals surface area contributed by atoms with Crippen molar-refractivity contribution in [1.82, 2.24) is 14.3 Å². The summed E-state index contributed by atoms with van der Waals surface area (Å²) in [5.74, 6) is 1.97. The molecule has 0 aliphatic heterocycles. The third-order valence-electron chi connectivity index (χ3n) is 5.72. The van der Waals surface area contributed by atoms with Crippen LogP contribution in [-0.4, -0.2) is 41.5 Å². The van der Waals surface area contributed by atoms with Crippen molar-refractivity contribution in [3.05, 3.63) is 95.5 Å². The van der Waals surface area contributed by atoms with E-state index in [4.69, 9.17) is 14.2 Å². The fourth-order valence-corrected chi connectivity index (χ4v) is 3.71. The predicted molar refractivity (Wildman–Crippen MR) is 136 cm³/mol. The van der Waals surface area contributed by atoms with Crippen molar-refractivity contribution < 1.29 is 19.0 Å². The van der Waals surface area contributed by atoms with Crippen LogP contribution in [-0.2, 0) is 17.9 Å². The second-order valence-corrected chi connectivity index (χ2v) is 8.22. The van der Waals surface area contributed by atoms with Gasteiger partial charge in [0.15, 0.2) is 11.5 Å². The number of aromatic nitrogens is 2. The van der Waals surface area contributed by atoms with E-state index < -0.39 is 0 Å². The smallest absolute Gasteiger partial charge is 0.246 e. The van der Waals surface area contributed by atoms with Gasteiger partial charge in [-0.2, -0.15) is 0 Å². The molecule has 0 spiro atoms. The van der Waals surface area contributed by atoms with Crippen molar-refractivity contribution in [1.29, 1.82) is 0 Å². The molecule has 0 bridgehead atoms. The Hall–Kier alpha value is -4.26. The number of rotatable bonds is 9. The Morgan fingerprint density at radius 1 is 1.06 bits per heavy atom. The minimum Gasteiger partial charge on any atom is -0.493 e. The summed E-state index contributed by atoms with van der Waals surface area (Å²) in [5, 5.41) is 0. The lowest BCUT2D eigenvalue weighted by atomic mass is 10.1. The van der Waals surface area contributed by atoms with Gasteiger partial charge >= 0.3 is 0 Å². The summed E-state index contributed by atoms with van der Waals surface area (Å²) in [6, 6.07) is 17.3. The first-order valence-electron chi connectivity index (χ1n) is 11.3. The molecule has 0 unspecified atom stereocenters. The highest BCUT2D eigenvalue weighted by Gasteiger charge is 2.12. The lowest BCUT2D eigenvalue weighted by Gasteiger charge is -2.18. The third kappa shape index (κ3) is 5.81.